The van der Waals surface area contributed by atoms with Crippen molar-refractivity contribution in [3.8, 4) is 0 Å². The molecule has 0 fully saturated rings. The lowest BCUT2D eigenvalue weighted by molar-refractivity contribution is -0.137. The zero-order valence-corrected chi connectivity index (χ0v) is 9.10. The average molecular weight is 214 g/mol. The first kappa shape index (κ1) is 11.0. The highest BCUT2D eigenvalue weighted by Gasteiger charge is 2.06. The number of nitrogens with zero attached hydrogens (tertiary/aromatic N) is 1. The summed E-state index contributed by atoms with van der Waals surface area (Å²) in [5.74, 6) is -0.756. The van der Waals surface area contributed by atoms with Crippen LogP contribution in [-0.2, 0) is 4.79 Å². The Morgan fingerprint density at radius 3 is 3.00 bits per heavy atom. The highest BCUT2D eigenvalue weighted by Crippen LogP contribution is 2.16. The van der Waals surface area contributed by atoms with Crippen molar-refractivity contribution in [3.63, 3.8) is 0 Å². The van der Waals surface area contributed by atoms with Gasteiger partial charge in [0.1, 0.15) is 0 Å². The molecule has 14 heavy (non-hydrogen) atoms. The molecule has 1 aromatic heterocycles. The molecule has 0 aromatic carbocycles. The third kappa shape index (κ3) is 3.74. The topological polar surface area (TPSA) is 62.2 Å². The average Bonchev–Trinajstić information content (AvgIpc) is 2.48. The summed E-state index contributed by atoms with van der Waals surface area (Å²) in [5, 5.41) is 14.5. The van der Waals surface area contributed by atoms with Crippen LogP contribution < -0.4 is 5.32 Å². The summed E-state index contributed by atoms with van der Waals surface area (Å²) in [6, 6.07) is 0.150. The van der Waals surface area contributed by atoms with Crippen LogP contribution in [0.25, 0.3) is 0 Å². The highest BCUT2D eigenvalue weighted by molar-refractivity contribution is 7.13. The standard InChI is InChI=1S/C9H14N2O2S/c1-6(3-4-8(12)13)10-9-11-7(2)5-14-9/h5-6H,3-4H2,1-2H3,(H,10,11)(H,12,13). The van der Waals surface area contributed by atoms with Gasteiger partial charge in [0.25, 0.3) is 0 Å². The normalized spacial score (nSPS) is 12.4. The Bertz CT molecular complexity index is 312. The van der Waals surface area contributed by atoms with Gasteiger partial charge >= 0.3 is 5.97 Å². The van der Waals surface area contributed by atoms with Crippen molar-refractivity contribution >= 4 is 22.4 Å². The number of carboxylic acid groups (broad SMARTS) is 1. The van der Waals surface area contributed by atoms with Crippen molar-refractivity contribution in [3.05, 3.63) is 11.1 Å². The lowest BCUT2D eigenvalue weighted by Crippen LogP contribution is -2.16. The molecule has 0 aliphatic carbocycles. The Morgan fingerprint density at radius 2 is 2.50 bits per heavy atom. The summed E-state index contributed by atoms with van der Waals surface area (Å²) in [7, 11) is 0. The Hall–Kier alpha value is -1.10. The predicted molar refractivity (Wildman–Crippen MR) is 56.8 cm³/mol. The molecule has 1 rings (SSSR count). The Kier molecular flexibility index (Phi) is 3.88. The van der Waals surface area contributed by atoms with Gasteiger partial charge in [-0.25, -0.2) is 4.98 Å². The van der Waals surface area contributed by atoms with E-state index < -0.39 is 5.97 Å². The highest BCUT2D eigenvalue weighted by atomic mass is 32.1. The van der Waals surface area contributed by atoms with Crippen LogP contribution in [0.4, 0.5) is 5.13 Å². The van der Waals surface area contributed by atoms with Gasteiger partial charge in [0.05, 0.1) is 5.69 Å². The fourth-order valence-electron chi connectivity index (χ4n) is 1.04. The van der Waals surface area contributed by atoms with Crippen LogP contribution in [0.2, 0.25) is 0 Å². The fraction of sp³-hybridized carbons (Fsp3) is 0.556. The van der Waals surface area contributed by atoms with Gasteiger partial charge in [0.15, 0.2) is 5.13 Å². The maximum absolute atomic E-state index is 10.3. The van der Waals surface area contributed by atoms with Crippen molar-refractivity contribution in [2.24, 2.45) is 0 Å². The second-order valence-corrected chi connectivity index (χ2v) is 4.13. The van der Waals surface area contributed by atoms with Gasteiger partial charge in [-0.05, 0) is 20.3 Å². The first-order valence-electron chi connectivity index (χ1n) is 4.48. The van der Waals surface area contributed by atoms with Crippen LogP contribution in [0.3, 0.4) is 0 Å². The van der Waals surface area contributed by atoms with Crippen molar-refractivity contribution < 1.29 is 9.90 Å². The van der Waals surface area contributed by atoms with Crippen molar-refractivity contribution in [1.29, 1.82) is 0 Å². The van der Waals surface area contributed by atoms with Gasteiger partial charge in [0, 0.05) is 17.8 Å². The van der Waals surface area contributed by atoms with Gasteiger partial charge in [0.2, 0.25) is 0 Å². The first-order chi connectivity index (χ1) is 6.58. The number of thiazole rings is 1. The zero-order valence-electron chi connectivity index (χ0n) is 8.28. The molecule has 0 bridgehead atoms. The lowest BCUT2D eigenvalue weighted by atomic mass is 10.2. The Balaban J connectivity index is 2.33. The molecule has 1 unspecified atom stereocenters. The van der Waals surface area contributed by atoms with Crippen LogP contribution in [-0.4, -0.2) is 22.1 Å². The van der Waals surface area contributed by atoms with E-state index in [0.29, 0.717) is 6.42 Å². The Morgan fingerprint density at radius 1 is 1.79 bits per heavy atom. The van der Waals surface area contributed by atoms with E-state index in [0.717, 1.165) is 10.8 Å². The fourth-order valence-corrected chi connectivity index (χ4v) is 1.84. The third-order valence-electron chi connectivity index (χ3n) is 1.78. The summed E-state index contributed by atoms with van der Waals surface area (Å²) in [4.78, 5) is 14.6. The largest absolute Gasteiger partial charge is 0.481 e. The number of anilines is 1. The van der Waals surface area contributed by atoms with E-state index >= 15 is 0 Å². The molecule has 1 atom stereocenters. The maximum atomic E-state index is 10.3. The van der Waals surface area contributed by atoms with Gasteiger partial charge < -0.3 is 10.4 Å². The molecule has 0 aliphatic rings. The molecule has 0 spiro atoms. The monoisotopic (exact) mass is 214 g/mol. The molecule has 0 saturated heterocycles. The van der Waals surface area contributed by atoms with E-state index in [2.05, 4.69) is 10.3 Å². The second kappa shape index (κ2) is 4.95. The number of carbonyl (C=O) groups is 1. The third-order valence-corrected chi connectivity index (χ3v) is 2.67. The second-order valence-electron chi connectivity index (χ2n) is 3.27. The minimum Gasteiger partial charge on any atom is -0.481 e. The van der Waals surface area contributed by atoms with Crippen LogP contribution >= 0.6 is 11.3 Å². The molecule has 4 nitrogen and oxygen atoms in total. The summed E-state index contributed by atoms with van der Waals surface area (Å²) in [6.07, 6.45) is 0.812. The summed E-state index contributed by atoms with van der Waals surface area (Å²) in [6.45, 7) is 3.89. The maximum Gasteiger partial charge on any atom is 0.303 e. The number of aromatic nitrogens is 1. The summed E-state index contributed by atoms with van der Waals surface area (Å²) < 4.78 is 0. The molecular formula is C9H14N2O2S. The molecule has 0 radical (unpaired) electrons. The first-order valence-corrected chi connectivity index (χ1v) is 5.36. The van der Waals surface area contributed by atoms with E-state index in [9.17, 15) is 4.79 Å². The van der Waals surface area contributed by atoms with Gasteiger partial charge in [-0.1, -0.05) is 0 Å². The van der Waals surface area contributed by atoms with E-state index in [4.69, 9.17) is 5.11 Å². The number of carboxylic acids is 1. The quantitative estimate of drug-likeness (QED) is 0.788. The minimum atomic E-state index is -0.756. The molecule has 2 N–H and O–H groups in total. The van der Waals surface area contributed by atoms with Crippen molar-refractivity contribution in [2.45, 2.75) is 32.7 Å². The molecule has 1 aromatic rings. The van der Waals surface area contributed by atoms with Crippen LogP contribution in [0.5, 0.6) is 0 Å². The molecule has 1 heterocycles. The van der Waals surface area contributed by atoms with Crippen molar-refractivity contribution in [1.82, 2.24) is 4.98 Å². The van der Waals surface area contributed by atoms with Crippen LogP contribution in [0.1, 0.15) is 25.5 Å². The Labute approximate surface area is 87.0 Å². The number of hydrogen-bond donors (Lipinski definition) is 2. The number of aryl methyl sites for hydroxylation is 1. The molecule has 0 saturated carbocycles. The molecule has 5 heteroatoms. The predicted octanol–water partition coefficient (Wildman–Crippen LogP) is 2.12. The van der Waals surface area contributed by atoms with Gasteiger partial charge in [-0.15, -0.1) is 11.3 Å². The van der Waals surface area contributed by atoms with Crippen LogP contribution in [0.15, 0.2) is 5.38 Å². The van der Waals surface area contributed by atoms with E-state index in [-0.39, 0.29) is 12.5 Å². The zero-order chi connectivity index (χ0) is 10.6. The van der Waals surface area contributed by atoms with E-state index in [1.807, 2.05) is 19.2 Å². The number of hydrogen-bond acceptors (Lipinski definition) is 4. The SMILES string of the molecule is Cc1csc(NC(C)CCC(=O)O)n1. The summed E-state index contributed by atoms with van der Waals surface area (Å²) >= 11 is 1.54. The van der Waals surface area contributed by atoms with E-state index in [1.54, 1.807) is 11.3 Å². The lowest BCUT2D eigenvalue weighted by Gasteiger charge is -2.10. The number of nitrogens with one attached hydrogen (secondary N) is 1. The molecular weight excluding hydrogens is 200 g/mol. The number of aliphatic carboxylic acids is 1. The molecule has 0 aliphatic heterocycles. The van der Waals surface area contributed by atoms with Gasteiger partial charge in [-0.3, -0.25) is 4.79 Å². The number of rotatable bonds is 5. The minimum absolute atomic E-state index is 0.150. The van der Waals surface area contributed by atoms with Crippen LogP contribution in [0, 0.1) is 6.92 Å². The van der Waals surface area contributed by atoms with Crippen molar-refractivity contribution in [2.75, 3.05) is 5.32 Å². The molecule has 78 valence electrons. The smallest absolute Gasteiger partial charge is 0.303 e. The van der Waals surface area contributed by atoms with Gasteiger partial charge in [-0.2, -0.15) is 0 Å². The summed E-state index contributed by atoms with van der Waals surface area (Å²) in [5.41, 5.74) is 0.989. The van der Waals surface area contributed by atoms with E-state index in [1.165, 1.54) is 0 Å². The molecule has 0 amide bonds.